The van der Waals surface area contributed by atoms with Gasteiger partial charge in [0.15, 0.2) is 23.8 Å². The molecule has 0 unspecified atom stereocenters. The van der Waals surface area contributed by atoms with E-state index < -0.39 is 38.3 Å². The number of amides is 1. The monoisotopic (exact) mass is 634 g/mol. The molecule has 15 nitrogen and oxygen atoms in total. The number of phosphoric acid groups is 1. The molecule has 1 saturated heterocycles. The Kier molecular flexibility index (Phi) is 9.54. The molecule has 1 amide bonds. The highest BCUT2D eigenvalue weighted by Gasteiger charge is 2.51. The maximum atomic E-state index is 13.2. The summed E-state index contributed by atoms with van der Waals surface area (Å²) in [6.07, 6.45) is 0.142. The number of carbonyl (C=O) groups excluding carboxylic acids is 1. The number of aromatic nitrogens is 4. The molecule has 5 rings (SSSR count). The van der Waals surface area contributed by atoms with E-state index in [1.54, 1.807) is 12.1 Å². The van der Waals surface area contributed by atoms with Gasteiger partial charge in [-0.05, 0) is 42.3 Å². The summed E-state index contributed by atoms with van der Waals surface area (Å²) >= 11 is 0. The number of nitrogens with one attached hydrogen (secondary N) is 1. The number of likely N-dealkylation sites (N-methyl/N-ethyl adjacent to an activating group) is 1. The lowest BCUT2D eigenvalue weighted by Gasteiger charge is -2.24. The van der Waals surface area contributed by atoms with Crippen molar-refractivity contribution in [3.8, 4) is 6.07 Å². The van der Waals surface area contributed by atoms with Crippen LogP contribution in [0.5, 0.6) is 0 Å². The molecule has 0 bridgehead atoms. The van der Waals surface area contributed by atoms with Crippen LogP contribution < -0.4 is 16.0 Å². The fraction of sp³-hybridized carbons (Fsp3) is 0.276. The Bertz CT molecular complexity index is 1770. The van der Waals surface area contributed by atoms with Gasteiger partial charge in [-0.3, -0.25) is 13.9 Å². The van der Waals surface area contributed by atoms with Crippen molar-refractivity contribution in [1.82, 2.24) is 24.8 Å². The Balaban J connectivity index is 1.22. The molecule has 6 N–H and O–H groups in total. The number of nitrogens with two attached hydrogens (primary N) is 1. The van der Waals surface area contributed by atoms with Crippen molar-refractivity contribution in [2.45, 2.75) is 31.5 Å². The number of nitriles is 1. The van der Waals surface area contributed by atoms with Gasteiger partial charge < -0.3 is 35.6 Å². The lowest BCUT2D eigenvalue weighted by atomic mass is 10.1. The van der Waals surface area contributed by atoms with Crippen molar-refractivity contribution in [3.63, 3.8) is 0 Å². The smallest absolute Gasteiger partial charge is 0.386 e. The highest BCUT2D eigenvalue weighted by molar-refractivity contribution is 7.46. The Labute approximate surface area is 257 Å². The summed E-state index contributed by atoms with van der Waals surface area (Å²) in [5, 5.41) is 22.6. The molecule has 3 heterocycles. The van der Waals surface area contributed by atoms with Gasteiger partial charge in [-0.2, -0.15) is 5.26 Å². The van der Waals surface area contributed by atoms with Gasteiger partial charge in [0.1, 0.15) is 24.1 Å². The van der Waals surface area contributed by atoms with E-state index in [-0.39, 0.29) is 23.5 Å². The lowest BCUT2D eigenvalue weighted by Crippen LogP contribution is -2.45. The molecule has 0 spiro atoms. The minimum Gasteiger partial charge on any atom is -0.386 e. The highest BCUT2D eigenvalue weighted by atomic mass is 31.2. The van der Waals surface area contributed by atoms with Crippen molar-refractivity contribution in [2.75, 3.05) is 30.3 Å². The van der Waals surface area contributed by atoms with Crippen LogP contribution in [0.3, 0.4) is 0 Å². The molecule has 2 aromatic heterocycles. The van der Waals surface area contributed by atoms with E-state index in [1.807, 2.05) is 60.4 Å². The zero-order valence-electron chi connectivity index (χ0n) is 24.0. The number of benzene rings is 2. The van der Waals surface area contributed by atoms with Crippen molar-refractivity contribution in [2.24, 2.45) is 0 Å². The number of ether oxygens (including phenoxy) is 1. The van der Waals surface area contributed by atoms with Crippen LogP contribution in [0.25, 0.3) is 23.3 Å². The molecule has 1 fully saturated rings. The molecule has 234 valence electrons. The summed E-state index contributed by atoms with van der Waals surface area (Å²) in [4.78, 5) is 46.3. The van der Waals surface area contributed by atoms with Crippen LogP contribution in [0.2, 0.25) is 0 Å². The summed E-state index contributed by atoms with van der Waals surface area (Å²) in [5.74, 6) is -0.647. The van der Waals surface area contributed by atoms with Crippen molar-refractivity contribution in [3.05, 3.63) is 77.9 Å². The molecule has 2 aromatic carbocycles. The first-order valence-electron chi connectivity index (χ1n) is 13.9. The summed E-state index contributed by atoms with van der Waals surface area (Å²) in [6, 6.07) is 17.2. The van der Waals surface area contributed by atoms with Crippen LogP contribution >= 0.6 is 7.82 Å². The zero-order valence-corrected chi connectivity index (χ0v) is 24.9. The first-order valence-corrected chi connectivity index (χ1v) is 15.4. The number of aliphatic hydroxyl groups is 1. The number of aliphatic hydroxyl groups excluding tert-OH is 1. The number of phosphoric ester groups is 1. The van der Waals surface area contributed by atoms with E-state index in [9.17, 15) is 24.3 Å². The predicted octanol–water partition coefficient (Wildman–Crippen LogP) is 1.83. The Morgan fingerprint density at radius 1 is 1.16 bits per heavy atom. The Hall–Kier alpha value is -4.68. The molecule has 16 heteroatoms. The van der Waals surface area contributed by atoms with E-state index >= 15 is 0 Å². The number of imidazole rings is 1. The number of rotatable bonds is 11. The minimum absolute atomic E-state index is 0.0817. The number of nitrogens with zero attached hydrogens (tertiary/aromatic N) is 6. The third-order valence-corrected chi connectivity index (χ3v) is 7.74. The van der Waals surface area contributed by atoms with Crippen LogP contribution in [-0.2, 0) is 18.6 Å². The first-order chi connectivity index (χ1) is 21.6. The maximum Gasteiger partial charge on any atom is 0.470 e. The van der Waals surface area contributed by atoms with E-state index in [4.69, 9.17) is 20.3 Å². The van der Waals surface area contributed by atoms with Gasteiger partial charge in [0, 0.05) is 25.3 Å². The zero-order chi connectivity index (χ0) is 32.1. The number of anilines is 2. The van der Waals surface area contributed by atoms with Gasteiger partial charge in [-0.1, -0.05) is 36.4 Å². The molecule has 4 atom stereocenters. The summed E-state index contributed by atoms with van der Waals surface area (Å²) in [6.45, 7) is 3.18. The van der Waals surface area contributed by atoms with Crippen LogP contribution in [0, 0.1) is 11.3 Å². The number of hydrogen-bond acceptors (Lipinski definition) is 11. The number of carbonyl (C=O) groups is 1. The van der Waals surface area contributed by atoms with E-state index in [0.717, 1.165) is 16.8 Å². The quantitative estimate of drug-likeness (QED) is 0.117. The fourth-order valence-electron chi connectivity index (χ4n) is 4.96. The second-order valence-electron chi connectivity index (χ2n) is 10.1. The number of hydrogen-bond donors (Lipinski definition) is 5. The molecule has 0 radical (unpaired) electrons. The Morgan fingerprint density at radius 3 is 2.44 bits per heavy atom. The van der Waals surface area contributed by atoms with E-state index in [2.05, 4.69) is 26.3 Å². The average Bonchev–Trinajstić information content (AvgIpc) is 3.59. The Morgan fingerprint density at radius 2 is 1.82 bits per heavy atom. The van der Waals surface area contributed by atoms with E-state index in [1.165, 1.54) is 17.2 Å². The third kappa shape index (κ3) is 7.35. The lowest BCUT2D eigenvalue weighted by molar-refractivity contribution is -0.137. The first kappa shape index (κ1) is 31.7. The van der Waals surface area contributed by atoms with Crippen LogP contribution in [0.15, 0.2) is 61.2 Å². The maximum absolute atomic E-state index is 13.2. The van der Waals surface area contributed by atoms with E-state index in [0.29, 0.717) is 18.7 Å². The van der Waals surface area contributed by atoms with Gasteiger partial charge in [0.25, 0.3) is 5.91 Å². The highest BCUT2D eigenvalue weighted by Crippen LogP contribution is 2.44. The summed E-state index contributed by atoms with van der Waals surface area (Å²) in [7, 11) is -5.12. The predicted molar refractivity (Wildman–Crippen MR) is 164 cm³/mol. The van der Waals surface area contributed by atoms with Crippen molar-refractivity contribution >= 4 is 48.6 Å². The molecule has 45 heavy (non-hydrogen) atoms. The third-order valence-electron chi connectivity index (χ3n) is 7.22. The number of fused-ring (bicyclic) bond motifs is 1. The second kappa shape index (κ2) is 13.5. The number of nitrogen functional groups attached to an aromatic ring is 1. The van der Waals surface area contributed by atoms with Crippen molar-refractivity contribution in [1.29, 1.82) is 5.26 Å². The normalized spacial score (nSPS) is 20.0. The average molecular weight is 635 g/mol. The van der Waals surface area contributed by atoms with Gasteiger partial charge >= 0.3 is 7.82 Å². The van der Waals surface area contributed by atoms with Crippen LogP contribution in [0.1, 0.15) is 29.8 Å². The second-order valence-corrected chi connectivity index (χ2v) is 11.3. The molecule has 4 aromatic rings. The fourth-order valence-corrected chi connectivity index (χ4v) is 5.52. The minimum atomic E-state index is -5.12. The van der Waals surface area contributed by atoms with Crippen molar-refractivity contribution < 1.29 is 33.5 Å². The van der Waals surface area contributed by atoms with Gasteiger partial charge in [-0.15, -0.1) is 0 Å². The van der Waals surface area contributed by atoms with Gasteiger partial charge in [0.05, 0.1) is 18.0 Å². The molecule has 1 aliphatic heterocycles. The molecule has 1 aliphatic rings. The summed E-state index contributed by atoms with van der Waals surface area (Å²) in [5.41, 5.74) is 9.73. The SMILES string of the molecule is CCN(CCNC(=O)[C@H]1O[C@@H](n2cnc3c(N)ncnc32)[C@H](O)[C@@H]1OP(=O)(O)O)c1ccc(/C=C/c2ccc(C#N)cc2)cc1. The van der Waals surface area contributed by atoms with Crippen LogP contribution in [0.4, 0.5) is 11.5 Å². The topological polar surface area (TPSA) is 222 Å². The van der Waals surface area contributed by atoms with Crippen LogP contribution in [-0.4, -0.2) is 78.3 Å². The van der Waals surface area contributed by atoms with Gasteiger partial charge in [0.2, 0.25) is 0 Å². The molecular weight excluding hydrogens is 603 g/mol. The standard InChI is InChI=1S/C29H31N8O7P/c1-2-36(21-11-9-19(10-12-21)4-3-18-5-7-20(15-30)8-6-18)14-13-32-28(39)25-24(44-45(40,41)42)23(38)29(43-25)37-17-35-22-26(31)33-16-34-27(22)37/h3-12,16-17,23-25,29,38H,2,13-14H2,1H3,(H,32,39)(H2,31,33,34)(H2,40,41,42)/b4-3+/t23-,24+,25+,29-/m1/s1. The molecule has 0 saturated carbocycles. The summed E-state index contributed by atoms with van der Waals surface area (Å²) < 4.78 is 23.6. The molecule has 0 aliphatic carbocycles. The largest absolute Gasteiger partial charge is 0.470 e. The molecular formula is C29H31N8O7P. The van der Waals surface area contributed by atoms with Gasteiger partial charge in [-0.25, -0.2) is 19.5 Å².